The smallest absolute Gasteiger partial charge is 0.409 e. The first-order valence-corrected chi connectivity index (χ1v) is 5.77. The number of benzene rings is 1. The van der Waals surface area contributed by atoms with Gasteiger partial charge in [-0.05, 0) is 19.9 Å². The summed E-state index contributed by atoms with van der Waals surface area (Å²) in [4.78, 5) is 10.9. The van der Waals surface area contributed by atoms with Gasteiger partial charge in [-0.25, -0.2) is 4.79 Å². The number of primary amides is 1. The van der Waals surface area contributed by atoms with Gasteiger partial charge in [0.25, 0.3) is 0 Å². The van der Waals surface area contributed by atoms with Crippen molar-refractivity contribution < 1.29 is 14.6 Å². The van der Waals surface area contributed by atoms with E-state index in [0.717, 1.165) is 5.56 Å². The summed E-state index contributed by atoms with van der Waals surface area (Å²) in [6.45, 7) is 5.23. The lowest BCUT2D eigenvalue weighted by Gasteiger charge is -2.23. The molecule has 0 radical (unpaired) electrons. The summed E-state index contributed by atoms with van der Waals surface area (Å²) in [5.41, 5.74) is 4.89. The van der Waals surface area contributed by atoms with Crippen molar-refractivity contribution in [2.24, 2.45) is 11.7 Å². The number of ether oxygens (including phenoxy) is 1. The van der Waals surface area contributed by atoms with Gasteiger partial charge in [-0.15, -0.1) is 0 Å². The molecule has 0 aliphatic carbocycles. The van der Waals surface area contributed by atoms with Crippen LogP contribution < -0.4 is 5.73 Å². The molecule has 0 spiro atoms. The normalized spacial score (nSPS) is 14.1. The maximum absolute atomic E-state index is 10.9. The number of carbonyl (C=O) groups is 1. The standard InChI is InChI=1S/C14H19NO3/c1-10(14(2,3)17)9-12(18-13(15)16)11-7-5-4-6-8-11/h4-10,17H,1-3H3,(H2,15,16)/b12-9-/t10-/m1/s1. The monoisotopic (exact) mass is 249 g/mol. The van der Waals surface area contributed by atoms with Crippen LogP contribution >= 0.6 is 0 Å². The van der Waals surface area contributed by atoms with Gasteiger partial charge in [0.2, 0.25) is 0 Å². The first-order valence-electron chi connectivity index (χ1n) is 5.77. The highest BCUT2D eigenvalue weighted by molar-refractivity contribution is 5.75. The average Bonchev–Trinajstić information content (AvgIpc) is 2.27. The third-order valence-corrected chi connectivity index (χ3v) is 2.78. The van der Waals surface area contributed by atoms with Crippen LogP contribution in [-0.4, -0.2) is 16.8 Å². The molecule has 0 aromatic heterocycles. The molecule has 0 unspecified atom stereocenters. The van der Waals surface area contributed by atoms with Crippen molar-refractivity contribution in [3.63, 3.8) is 0 Å². The molecule has 1 aromatic carbocycles. The molecule has 1 aromatic rings. The van der Waals surface area contributed by atoms with Crippen molar-refractivity contribution >= 4 is 11.9 Å². The van der Waals surface area contributed by atoms with Crippen molar-refractivity contribution in [1.82, 2.24) is 0 Å². The highest BCUT2D eigenvalue weighted by atomic mass is 16.5. The molecule has 1 atom stereocenters. The van der Waals surface area contributed by atoms with Crippen molar-refractivity contribution in [1.29, 1.82) is 0 Å². The van der Waals surface area contributed by atoms with Crippen molar-refractivity contribution in [2.75, 3.05) is 0 Å². The third kappa shape index (κ3) is 4.22. The Hall–Kier alpha value is -1.81. The minimum absolute atomic E-state index is 0.188. The second kappa shape index (κ2) is 5.69. The van der Waals surface area contributed by atoms with Crippen LogP contribution in [0.3, 0.4) is 0 Å². The SMILES string of the molecule is C[C@H](/C=C(\OC(N)=O)c1ccccc1)C(C)(C)O. The van der Waals surface area contributed by atoms with E-state index in [1.807, 2.05) is 37.3 Å². The predicted molar refractivity (Wildman–Crippen MR) is 70.5 cm³/mol. The second-order valence-electron chi connectivity index (χ2n) is 4.76. The molecular formula is C14H19NO3. The van der Waals surface area contributed by atoms with Crippen LogP contribution in [0.1, 0.15) is 26.3 Å². The summed E-state index contributed by atoms with van der Waals surface area (Å²) in [5.74, 6) is 0.171. The lowest BCUT2D eigenvalue weighted by Crippen LogP contribution is -2.27. The fraction of sp³-hybridized carbons (Fsp3) is 0.357. The lowest BCUT2D eigenvalue weighted by molar-refractivity contribution is 0.0436. The Labute approximate surface area is 107 Å². The number of aliphatic hydroxyl groups is 1. The van der Waals surface area contributed by atoms with E-state index in [4.69, 9.17) is 10.5 Å². The minimum atomic E-state index is -0.902. The Bertz CT molecular complexity index is 432. The molecule has 4 heteroatoms. The molecule has 0 bridgehead atoms. The molecule has 98 valence electrons. The number of carbonyl (C=O) groups excluding carboxylic acids is 1. The largest absolute Gasteiger partial charge is 0.410 e. The zero-order valence-corrected chi connectivity index (χ0v) is 10.9. The molecular weight excluding hydrogens is 230 g/mol. The third-order valence-electron chi connectivity index (χ3n) is 2.78. The lowest BCUT2D eigenvalue weighted by atomic mass is 9.91. The first kappa shape index (κ1) is 14.3. The Morgan fingerprint density at radius 3 is 2.39 bits per heavy atom. The van der Waals surface area contributed by atoms with E-state index in [2.05, 4.69) is 0 Å². The molecule has 0 heterocycles. The van der Waals surface area contributed by atoms with Gasteiger partial charge in [0.15, 0.2) is 0 Å². The second-order valence-corrected chi connectivity index (χ2v) is 4.76. The minimum Gasteiger partial charge on any atom is -0.410 e. The van der Waals surface area contributed by atoms with Crippen LogP contribution in [0.4, 0.5) is 4.79 Å². The van der Waals surface area contributed by atoms with Gasteiger partial charge in [-0.3, -0.25) is 0 Å². The summed E-state index contributed by atoms with van der Waals surface area (Å²) >= 11 is 0. The molecule has 0 aliphatic heterocycles. The number of nitrogens with two attached hydrogens (primary N) is 1. The van der Waals surface area contributed by atoms with Gasteiger partial charge < -0.3 is 15.6 Å². The summed E-state index contributed by atoms with van der Waals surface area (Å²) in [6, 6.07) is 9.16. The van der Waals surface area contributed by atoms with E-state index in [9.17, 15) is 9.90 Å². The fourth-order valence-corrected chi connectivity index (χ4v) is 1.33. The van der Waals surface area contributed by atoms with E-state index >= 15 is 0 Å². The molecule has 1 amide bonds. The average molecular weight is 249 g/mol. The molecule has 0 saturated heterocycles. The van der Waals surface area contributed by atoms with E-state index in [1.165, 1.54) is 0 Å². The zero-order chi connectivity index (χ0) is 13.8. The van der Waals surface area contributed by atoms with Crippen LogP contribution in [0.5, 0.6) is 0 Å². The topological polar surface area (TPSA) is 72.5 Å². The Balaban J connectivity index is 3.06. The highest BCUT2D eigenvalue weighted by Gasteiger charge is 2.22. The summed E-state index contributed by atoms with van der Waals surface area (Å²) in [5, 5.41) is 9.90. The highest BCUT2D eigenvalue weighted by Crippen LogP contribution is 2.23. The molecule has 0 saturated carbocycles. The molecule has 0 aliphatic rings. The van der Waals surface area contributed by atoms with Gasteiger partial charge >= 0.3 is 6.09 Å². The van der Waals surface area contributed by atoms with Crippen LogP contribution in [0, 0.1) is 5.92 Å². The van der Waals surface area contributed by atoms with Crippen LogP contribution in [-0.2, 0) is 4.74 Å². The van der Waals surface area contributed by atoms with E-state index in [-0.39, 0.29) is 5.92 Å². The molecule has 3 N–H and O–H groups in total. The van der Waals surface area contributed by atoms with Gasteiger partial charge in [-0.1, -0.05) is 37.3 Å². The van der Waals surface area contributed by atoms with E-state index < -0.39 is 11.7 Å². The molecule has 4 nitrogen and oxygen atoms in total. The van der Waals surface area contributed by atoms with Gasteiger partial charge in [-0.2, -0.15) is 0 Å². The van der Waals surface area contributed by atoms with Gasteiger partial charge in [0, 0.05) is 11.5 Å². The molecule has 1 rings (SSSR count). The summed E-state index contributed by atoms with van der Waals surface area (Å²) < 4.78 is 4.99. The Morgan fingerprint density at radius 1 is 1.39 bits per heavy atom. The number of amides is 1. The Morgan fingerprint density at radius 2 is 1.94 bits per heavy atom. The van der Waals surface area contributed by atoms with Crippen LogP contribution in [0.2, 0.25) is 0 Å². The zero-order valence-electron chi connectivity index (χ0n) is 10.9. The van der Waals surface area contributed by atoms with E-state index in [0.29, 0.717) is 5.76 Å². The maximum atomic E-state index is 10.9. The van der Waals surface area contributed by atoms with Crippen molar-refractivity contribution in [3.8, 4) is 0 Å². The number of rotatable bonds is 4. The number of hydrogen-bond donors (Lipinski definition) is 2. The van der Waals surface area contributed by atoms with E-state index in [1.54, 1.807) is 19.9 Å². The Kier molecular flexibility index (Phi) is 4.50. The summed E-state index contributed by atoms with van der Waals surface area (Å²) in [7, 11) is 0. The predicted octanol–water partition coefficient (Wildman–Crippen LogP) is 2.53. The molecule has 0 fully saturated rings. The quantitative estimate of drug-likeness (QED) is 0.805. The number of hydrogen-bond acceptors (Lipinski definition) is 3. The molecule has 18 heavy (non-hydrogen) atoms. The first-order chi connectivity index (χ1) is 8.30. The maximum Gasteiger partial charge on any atom is 0.409 e. The van der Waals surface area contributed by atoms with Crippen LogP contribution in [0.25, 0.3) is 5.76 Å². The van der Waals surface area contributed by atoms with Crippen molar-refractivity contribution in [3.05, 3.63) is 42.0 Å². The van der Waals surface area contributed by atoms with Gasteiger partial charge in [0.1, 0.15) is 5.76 Å². The van der Waals surface area contributed by atoms with Gasteiger partial charge in [0.05, 0.1) is 5.60 Å². The van der Waals surface area contributed by atoms with Crippen LogP contribution in [0.15, 0.2) is 36.4 Å². The fourth-order valence-electron chi connectivity index (χ4n) is 1.33. The summed E-state index contributed by atoms with van der Waals surface area (Å²) in [6.07, 6.45) is 0.827. The van der Waals surface area contributed by atoms with Crippen molar-refractivity contribution in [2.45, 2.75) is 26.4 Å².